The molecular weight excluding hydrogens is 346 g/mol. The van der Waals surface area contributed by atoms with Gasteiger partial charge in [-0.1, -0.05) is 0 Å². The molecule has 1 aliphatic rings. The van der Waals surface area contributed by atoms with Gasteiger partial charge in [0.1, 0.15) is 23.9 Å². The van der Waals surface area contributed by atoms with E-state index in [2.05, 4.69) is 10.6 Å². The third kappa shape index (κ3) is 5.68. The zero-order valence-electron chi connectivity index (χ0n) is 13.4. The first-order valence-corrected chi connectivity index (χ1v) is 7.18. The van der Waals surface area contributed by atoms with Crippen molar-refractivity contribution in [1.82, 2.24) is 10.6 Å². The maximum atomic E-state index is 13.0. The molecule has 1 amide bonds. The van der Waals surface area contributed by atoms with Crippen LogP contribution >= 0.6 is 12.4 Å². The number of halogens is 3. The van der Waals surface area contributed by atoms with Crippen molar-refractivity contribution >= 4 is 18.3 Å². The van der Waals surface area contributed by atoms with Crippen LogP contribution in [0.15, 0.2) is 18.2 Å². The second kappa shape index (κ2) is 8.89. The smallest absolute Gasteiger partial charge is 0.262 e. The van der Waals surface area contributed by atoms with Crippen molar-refractivity contribution in [1.29, 1.82) is 0 Å². The van der Waals surface area contributed by atoms with E-state index in [-0.39, 0.29) is 25.6 Å². The van der Waals surface area contributed by atoms with Crippen molar-refractivity contribution in [2.45, 2.75) is 18.4 Å². The molecular formula is C15H21ClF2N2O4. The Bertz CT molecular complexity index is 538. The van der Waals surface area contributed by atoms with Crippen LogP contribution in [-0.4, -0.2) is 51.8 Å². The van der Waals surface area contributed by atoms with Crippen LogP contribution in [0.5, 0.6) is 17.2 Å². The maximum absolute atomic E-state index is 13.0. The Morgan fingerprint density at radius 2 is 1.83 bits per heavy atom. The molecule has 1 atom stereocenters. The van der Waals surface area contributed by atoms with Crippen LogP contribution in [0, 0.1) is 0 Å². The molecule has 0 aliphatic carbocycles. The molecule has 1 saturated heterocycles. The van der Waals surface area contributed by atoms with E-state index in [0.717, 1.165) is 0 Å². The average Bonchev–Trinajstić information content (AvgIpc) is 2.91. The van der Waals surface area contributed by atoms with Gasteiger partial charge in [0.05, 0.1) is 33.4 Å². The number of methoxy groups -OCH3 is 2. The van der Waals surface area contributed by atoms with Gasteiger partial charge in [-0.2, -0.15) is 0 Å². The fourth-order valence-corrected chi connectivity index (χ4v) is 2.23. The third-order valence-corrected chi connectivity index (χ3v) is 3.42. The van der Waals surface area contributed by atoms with E-state index in [1.165, 1.54) is 14.2 Å². The summed E-state index contributed by atoms with van der Waals surface area (Å²) in [4.78, 5) is 11.7. The van der Waals surface area contributed by atoms with Crippen molar-refractivity contribution in [2.75, 3.05) is 33.9 Å². The Hall–Kier alpha value is -1.80. The molecule has 0 radical (unpaired) electrons. The molecule has 24 heavy (non-hydrogen) atoms. The van der Waals surface area contributed by atoms with Crippen LogP contribution in [0.3, 0.4) is 0 Å². The molecule has 1 aliphatic heterocycles. The fourth-order valence-electron chi connectivity index (χ4n) is 2.23. The van der Waals surface area contributed by atoms with Crippen LogP contribution in [-0.2, 0) is 4.79 Å². The van der Waals surface area contributed by atoms with E-state index < -0.39 is 30.8 Å². The summed E-state index contributed by atoms with van der Waals surface area (Å²) in [5.74, 6) is -1.58. The third-order valence-electron chi connectivity index (χ3n) is 3.42. The first-order chi connectivity index (χ1) is 10.9. The molecule has 6 nitrogen and oxygen atoms in total. The number of hydrogen-bond acceptors (Lipinski definition) is 5. The lowest BCUT2D eigenvalue weighted by Crippen LogP contribution is -2.41. The predicted molar refractivity (Wildman–Crippen MR) is 86.7 cm³/mol. The molecule has 0 saturated carbocycles. The van der Waals surface area contributed by atoms with Gasteiger partial charge in [-0.3, -0.25) is 10.1 Å². The Labute approximate surface area is 145 Å². The summed E-state index contributed by atoms with van der Waals surface area (Å²) < 4.78 is 41.8. The topological polar surface area (TPSA) is 68.8 Å². The van der Waals surface area contributed by atoms with Gasteiger partial charge in [0, 0.05) is 24.6 Å². The van der Waals surface area contributed by atoms with E-state index >= 15 is 0 Å². The number of benzene rings is 1. The molecule has 1 aromatic rings. The van der Waals surface area contributed by atoms with Crippen molar-refractivity contribution < 1.29 is 27.8 Å². The molecule has 0 aromatic heterocycles. The van der Waals surface area contributed by atoms with Crippen molar-refractivity contribution in [3.05, 3.63) is 18.2 Å². The zero-order valence-corrected chi connectivity index (χ0v) is 14.3. The van der Waals surface area contributed by atoms with Gasteiger partial charge in [0.15, 0.2) is 0 Å². The Morgan fingerprint density at radius 3 is 2.33 bits per heavy atom. The van der Waals surface area contributed by atoms with E-state index in [1.807, 2.05) is 0 Å². The van der Waals surface area contributed by atoms with Crippen LogP contribution in [0.1, 0.15) is 6.42 Å². The van der Waals surface area contributed by atoms with Gasteiger partial charge in [-0.05, 0) is 0 Å². The average molecular weight is 367 g/mol. The van der Waals surface area contributed by atoms with E-state index in [4.69, 9.17) is 14.2 Å². The number of carbonyl (C=O) groups is 1. The highest BCUT2D eigenvalue weighted by Crippen LogP contribution is 2.27. The highest BCUT2D eigenvalue weighted by atomic mass is 35.5. The summed E-state index contributed by atoms with van der Waals surface area (Å²) in [7, 11) is 3.06. The number of hydrogen-bond donors (Lipinski definition) is 2. The highest BCUT2D eigenvalue weighted by molar-refractivity contribution is 5.85. The Kier molecular flexibility index (Phi) is 7.50. The summed E-state index contributed by atoms with van der Waals surface area (Å²) in [6.07, 6.45) is -0.479. The van der Waals surface area contributed by atoms with E-state index in [0.29, 0.717) is 17.2 Å². The Morgan fingerprint density at radius 1 is 1.25 bits per heavy atom. The summed E-state index contributed by atoms with van der Waals surface area (Å²) in [6.45, 7) is -0.0571. The van der Waals surface area contributed by atoms with Gasteiger partial charge in [-0.25, -0.2) is 8.78 Å². The molecule has 0 bridgehead atoms. The van der Waals surface area contributed by atoms with Gasteiger partial charge in [0.25, 0.3) is 5.92 Å². The summed E-state index contributed by atoms with van der Waals surface area (Å²) in [6, 6.07) is 4.22. The minimum Gasteiger partial charge on any atom is -0.496 e. The van der Waals surface area contributed by atoms with Gasteiger partial charge in [-0.15, -0.1) is 12.4 Å². The van der Waals surface area contributed by atoms with E-state index in [9.17, 15) is 13.6 Å². The monoisotopic (exact) mass is 366 g/mol. The second-order valence-electron chi connectivity index (χ2n) is 5.18. The molecule has 1 aromatic carbocycles. The number of amides is 1. The van der Waals surface area contributed by atoms with Crippen LogP contribution in [0.4, 0.5) is 8.78 Å². The lowest BCUT2D eigenvalue weighted by molar-refractivity contribution is -0.123. The minimum atomic E-state index is -2.82. The predicted octanol–water partition coefficient (Wildman–Crippen LogP) is 1.62. The SMILES string of the molecule is COc1cc(OC)cc(OCCNC(=O)C2CC(F)(F)CN2)c1.Cl. The van der Waals surface area contributed by atoms with Gasteiger partial charge in [0.2, 0.25) is 5.91 Å². The number of carbonyl (C=O) groups excluding carboxylic acids is 1. The fraction of sp³-hybridized carbons (Fsp3) is 0.533. The molecule has 1 fully saturated rings. The summed E-state index contributed by atoms with van der Waals surface area (Å²) in [5.41, 5.74) is 0. The quantitative estimate of drug-likeness (QED) is 0.718. The number of nitrogens with one attached hydrogen (secondary N) is 2. The lowest BCUT2D eigenvalue weighted by Gasteiger charge is -2.13. The number of rotatable bonds is 7. The summed E-state index contributed by atoms with van der Waals surface area (Å²) in [5, 5.41) is 5.07. The van der Waals surface area contributed by atoms with Crippen molar-refractivity contribution in [2.24, 2.45) is 0 Å². The highest BCUT2D eigenvalue weighted by Gasteiger charge is 2.42. The van der Waals surface area contributed by atoms with E-state index in [1.54, 1.807) is 18.2 Å². The van der Waals surface area contributed by atoms with Crippen LogP contribution < -0.4 is 24.8 Å². The first-order valence-electron chi connectivity index (χ1n) is 7.18. The molecule has 1 unspecified atom stereocenters. The van der Waals surface area contributed by atoms with Crippen LogP contribution in [0.25, 0.3) is 0 Å². The number of ether oxygens (including phenoxy) is 3. The maximum Gasteiger partial charge on any atom is 0.262 e. The molecule has 1 heterocycles. The summed E-state index contributed by atoms with van der Waals surface area (Å²) >= 11 is 0. The molecule has 9 heteroatoms. The molecule has 136 valence electrons. The zero-order chi connectivity index (χ0) is 16.9. The lowest BCUT2D eigenvalue weighted by atomic mass is 10.2. The molecule has 2 rings (SSSR count). The normalized spacial score (nSPS) is 18.4. The van der Waals surface area contributed by atoms with Crippen LogP contribution in [0.2, 0.25) is 0 Å². The molecule has 0 spiro atoms. The van der Waals surface area contributed by atoms with Gasteiger partial charge < -0.3 is 19.5 Å². The second-order valence-corrected chi connectivity index (χ2v) is 5.18. The molecule has 2 N–H and O–H groups in total. The van der Waals surface area contributed by atoms with Gasteiger partial charge >= 0.3 is 0 Å². The minimum absolute atomic E-state index is 0. The van der Waals surface area contributed by atoms with Crippen molar-refractivity contribution in [3.63, 3.8) is 0 Å². The largest absolute Gasteiger partial charge is 0.496 e. The first kappa shape index (κ1) is 20.2. The Balaban J connectivity index is 0.00000288. The number of alkyl halides is 2. The van der Waals surface area contributed by atoms with Crippen molar-refractivity contribution in [3.8, 4) is 17.2 Å². The standard InChI is InChI=1S/C15H20F2N2O4.ClH/c1-21-10-5-11(22-2)7-12(6-10)23-4-3-18-14(20)13-8-15(16,17)9-19-13;/h5-7,13,19H,3-4,8-9H2,1-2H3,(H,18,20);1H.